The van der Waals surface area contributed by atoms with Crippen LogP contribution in [0.3, 0.4) is 0 Å². The van der Waals surface area contributed by atoms with Gasteiger partial charge < -0.3 is 5.32 Å². The molecule has 0 spiro atoms. The van der Waals surface area contributed by atoms with Crippen LogP contribution in [-0.2, 0) is 0 Å². The van der Waals surface area contributed by atoms with E-state index in [9.17, 15) is 13.2 Å². The third-order valence-corrected chi connectivity index (χ3v) is 5.26. The van der Waals surface area contributed by atoms with Gasteiger partial charge in [0.2, 0.25) is 0 Å². The minimum Gasteiger partial charge on any atom is -0.310 e. The molecule has 0 amide bonds. The average Bonchev–Trinajstić information content (AvgIpc) is 2.61. The first kappa shape index (κ1) is 14.2. The fourth-order valence-corrected chi connectivity index (χ4v) is 4.41. The molecule has 0 heterocycles. The van der Waals surface area contributed by atoms with E-state index in [1.165, 1.54) is 6.42 Å². The van der Waals surface area contributed by atoms with Gasteiger partial charge >= 0.3 is 6.18 Å². The van der Waals surface area contributed by atoms with Crippen molar-refractivity contribution in [1.82, 2.24) is 5.32 Å². The standard InChI is InChI=1S/C14H24F3N/c1-9(7-14(15,16)17)18-11-12(2,3)10-5-6-13(11,4)8-10/h9-11,18H,5-8H2,1-4H3/t9?,10-,11?,13+/m0/s1. The maximum Gasteiger partial charge on any atom is 0.390 e. The van der Waals surface area contributed by atoms with Crippen molar-refractivity contribution >= 4 is 0 Å². The number of hydrogen-bond donors (Lipinski definition) is 1. The predicted molar refractivity (Wildman–Crippen MR) is 66.3 cm³/mol. The first-order chi connectivity index (χ1) is 8.05. The molecular formula is C14H24F3N. The Balaban J connectivity index is 2.05. The highest BCUT2D eigenvalue weighted by Crippen LogP contribution is 2.62. The van der Waals surface area contributed by atoms with E-state index in [1.807, 2.05) is 0 Å². The summed E-state index contributed by atoms with van der Waals surface area (Å²) in [6, 6.07) is -0.286. The summed E-state index contributed by atoms with van der Waals surface area (Å²) in [5, 5.41) is 3.28. The number of rotatable bonds is 3. The van der Waals surface area contributed by atoms with Crippen LogP contribution in [0.4, 0.5) is 13.2 Å². The summed E-state index contributed by atoms with van der Waals surface area (Å²) in [5.41, 5.74) is 0.306. The second-order valence-electron chi connectivity index (χ2n) is 7.24. The highest BCUT2D eigenvalue weighted by atomic mass is 19.4. The fourth-order valence-electron chi connectivity index (χ4n) is 4.41. The van der Waals surface area contributed by atoms with Crippen LogP contribution in [0.5, 0.6) is 0 Å². The number of nitrogens with one attached hydrogen (secondary N) is 1. The predicted octanol–water partition coefficient (Wildman–Crippen LogP) is 4.13. The Bertz CT molecular complexity index is 319. The summed E-state index contributed by atoms with van der Waals surface area (Å²) in [7, 11) is 0. The Labute approximate surface area is 108 Å². The van der Waals surface area contributed by atoms with Gasteiger partial charge in [0, 0.05) is 12.1 Å². The van der Waals surface area contributed by atoms with Crippen molar-refractivity contribution in [3.05, 3.63) is 0 Å². The van der Waals surface area contributed by atoms with Gasteiger partial charge in [0.25, 0.3) is 0 Å². The van der Waals surface area contributed by atoms with Crippen molar-refractivity contribution in [3.8, 4) is 0 Å². The van der Waals surface area contributed by atoms with Crippen LogP contribution < -0.4 is 5.32 Å². The SMILES string of the molecule is CC(CC(F)(F)F)NC1C(C)(C)[C@H]2CC[C@]1(C)C2. The minimum absolute atomic E-state index is 0.118. The third kappa shape index (κ3) is 2.40. The summed E-state index contributed by atoms with van der Waals surface area (Å²) in [6.45, 7) is 8.30. The van der Waals surface area contributed by atoms with Crippen LogP contribution in [-0.4, -0.2) is 18.3 Å². The largest absolute Gasteiger partial charge is 0.390 e. The topological polar surface area (TPSA) is 12.0 Å². The Kier molecular flexibility index (Phi) is 3.24. The van der Waals surface area contributed by atoms with Gasteiger partial charge in [0.1, 0.15) is 0 Å². The molecule has 2 unspecified atom stereocenters. The maximum absolute atomic E-state index is 12.4. The molecule has 0 aromatic carbocycles. The third-order valence-electron chi connectivity index (χ3n) is 5.26. The summed E-state index contributed by atoms with van der Waals surface area (Å²) in [5.74, 6) is 0.665. The molecule has 0 radical (unpaired) electrons. The lowest BCUT2D eigenvalue weighted by molar-refractivity contribution is -0.140. The van der Waals surface area contributed by atoms with Gasteiger partial charge in [-0.05, 0) is 42.9 Å². The van der Waals surface area contributed by atoms with E-state index in [0.717, 1.165) is 12.8 Å². The molecule has 18 heavy (non-hydrogen) atoms. The zero-order chi connectivity index (χ0) is 13.8. The van der Waals surface area contributed by atoms with Crippen molar-refractivity contribution < 1.29 is 13.2 Å². The van der Waals surface area contributed by atoms with E-state index in [-0.39, 0.29) is 16.9 Å². The van der Waals surface area contributed by atoms with Gasteiger partial charge in [-0.15, -0.1) is 0 Å². The van der Waals surface area contributed by atoms with E-state index in [1.54, 1.807) is 6.92 Å². The van der Waals surface area contributed by atoms with Gasteiger partial charge in [0.15, 0.2) is 0 Å². The van der Waals surface area contributed by atoms with Gasteiger partial charge in [0.05, 0.1) is 6.42 Å². The summed E-state index contributed by atoms with van der Waals surface area (Å²) >= 11 is 0. The molecule has 2 fully saturated rings. The van der Waals surface area contributed by atoms with E-state index < -0.39 is 18.6 Å². The van der Waals surface area contributed by atoms with Crippen molar-refractivity contribution in [2.45, 2.75) is 71.6 Å². The molecule has 0 aromatic rings. The fraction of sp³-hybridized carbons (Fsp3) is 1.00. The number of hydrogen-bond acceptors (Lipinski definition) is 1. The number of alkyl halides is 3. The lowest BCUT2D eigenvalue weighted by Crippen LogP contribution is -2.53. The summed E-state index contributed by atoms with van der Waals surface area (Å²) in [4.78, 5) is 0. The van der Waals surface area contributed by atoms with Gasteiger partial charge in [-0.25, -0.2) is 0 Å². The minimum atomic E-state index is -4.07. The highest BCUT2D eigenvalue weighted by Gasteiger charge is 2.59. The van der Waals surface area contributed by atoms with E-state index >= 15 is 0 Å². The molecule has 0 aromatic heterocycles. The van der Waals surface area contributed by atoms with E-state index in [2.05, 4.69) is 26.1 Å². The number of fused-ring (bicyclic) bond motifs is 2. The van der Waals surface area contributed by atoms with Crippen LogP contribution in [0.25, 0.3) is 0 Å². The maximum atomic E-state index is 12.4. The highest BCUT2D eigenvalue weighted by molar-refractivity contribution is 5.12. The molecule has 2 bridgehead atoms. The van der Waals surface area contributed by atoms with Crippen molar-refractivity contribution in [2.24, 2.45) is 16.7 Å². The second-order valence-corrected chi connectivity index (χ2v) is 7.24. The van der Waals surface area contributed by atoms with Crippen LogP contribution >= 0.6 is 0 Å². The molecule has 2 saturated carbocycles. The Morgan fingerprint density at radius 3 is 2.33 bits per heavy atom. The molecule has 2 aliphatic carbocycles. The van der Waals surface area contributed by atoms with Crippen LogP contribution in [0.2, 0.25) is 0 Å². The van der Waals surface area contributed by atoms with Crippen molar-refractivity contribution in [2.75, 3.05) is 0 Å². The molecule has 1 nitrogen and oxygen atoms in total. The zero-order valence-corrected chi connectivity index (χ0v) is 11.7. The molecule has 106 valence electrons. The molecule has 4 heteroatoms. The number of halogens is 3. The van der Waals surface area contributed by atoms with Crippen LogP contribution in [0.1, 0.15) is 53.4 Å². The van der Waals surface area contributed by atoms with E-state index in [0.29, 0.717) is 5.92 Å². The molecule has 0 saturated heterocycles. The Hall–Kier alpha value is -0.250. The van der Waals surface area contributed by atoms with Gasteiger partial charge in [-0.3, -0.25) is 0 Å². The van der Waals surface area contributed by atoms with Crippen molar-refractivity contribution in [1.29, 1.82) is 0 Å². The second kappa shape index (κ2) is 4.12. The Morgan fingerprint density at radius 1 is 1.28 bits per heavy atom. The summed E-state index contributed by atoms with van der Waals surface area (Å²) in [6.07, 6.45) is -1.27. The first-order valence-corrected chi connectivity index (χ1v) is 6.87. The molecule has 2 rings (SSSR count). The van der Waals surface area contributed by atoms with Gasteiger partial charge in [-0.2, -0.15) is 13.2 Å². The molecule has 0 aliphatic heterocycles. The van der Waals surface area contributed by atoms with Crippen molar-refractivity contribution in [3.63, 3.8) is 0 Å². The zero-order valence-electron chi connectivity index (χ0n) is 11.7. The summed E-state index contributed by atoms with van der Waals surface area (Å²) < 4.78 is 37.2. The lowest BCUT2D eigenvalue weighted by Gasteiger charge is -2.44. The van der Waals surface area contributed by atoms with Crippen LogP contribution in [0, 0.1) is 16.7 Å². The molecule has 1 N–H and O–H groups in total. The Morgan fingerprint density at radius 2 is 1.89 bits per heavy atom. The first-order valence-electron chi connectivity index (χ1n) is 6.87. The van der Waals surface area contributed by atoms with Crippen LogP contribution in [0.15, 0.2) is 0 Å². The quantitative estimate of drug-likeness (QED) is 0.807. The smallest absolute Gasteiger partial charge is 0.310 e. The monoisotopic (exact) mass is 263 g/mol. The lowest BCUT2D eigenvalue weighted by atomic mass is 9.68. The molecular weight excluding hydrogens is 239 g/mol. The normalized spacial score (nSPS) is 40.2. The molecule has 2 aliphatic rings. The van der Waals surface area contributed by atoms with E-state index in [4.69, 9.17) is 0 Å². The molecule has 4 atom stereocenters. The van der Waals surface area contributed by atoms with Gasteiger partial charge in [-0.1, -0.05) is 20.8 Å². The average molecular weight is 263 g/mol.